The second kappa shape index (κ2) is 9.35. The number of nitrogens with zero attached hydrogens (tertiary/aromatic N) is 5. The molecule has 1 aromatic carbocycles. The van der Waals surface area contributed by atoms with E-state index in [0.29, 0.717) is 23.1 Å². The van der Waals surface area contributed by atoms with Crippen molar-refractivity contribution in [3.8, 4) is 5.13 Å². The van der Waals surface area contributed by atoms with Crippen molar-refractivity contribution < 1.29 is 9.53 Å². The third kappa shape index (κ3) is 4.19. The zero-order chi connectivity index (χ0) is 24.5. The van der Waals surface area contributed by atoms with Crippen molar-refractivity contribution in [2.45, 2.75) is 6.04 Å². The highest BCUT2D eigenvalue weighted by Gasteiger charge is 2.25. The monoisotopic (exact) mass is 491 g/mol. The first-order valence-corrected chi connectivity index (χ1v) is 11.9. The third-order valence-corrected chi connectivity index (χ3v) is 6.92. The van der Waals surface area contributed by atoms with Crippen molar-refractivity contribution in [2.75, 3.05) is 37.0 Å². The summed E-state index contributed by atoms with van der Waals surface area (Å²) in [5, 5.41) is 8.41. The number of anilines is 2. The normalized spacial score (nSPS) is 15.8. The second-order valence-electron chi connectivity index (χ2n) is 8.15. The van der Waals surface area contributed by atoms with Crippen LogP contribution in [-0.4, -0.2) is 57.8 Å². The topological polar surface area (TPSA) is 106 Å². The predicted octanol–water partition coefficient (Wildman–Crippen LogP) is 2.37. The standard InChI is InChI=1S/C24H25N7O3S/c1-15(34-3)17-13-30(11-10-26-17)19-8-9-25-12-16(19)27-22(32)18-14-35-23(28-18)31-21-7-5-4-6-20(21)29(2)24(31)33/h4-9,12,14,17,26H,1,10-11,13H2,2-3H3,(H,27,32)/t17-/m1/s1. The number of methoxy groups -OCH3 is 1. The van der Waals surface area contributed by atoms with Gasteiger partial charge in [-0.3, -0.25) is 14.3 Å². The molecule has 0 saturated carbocycles. The van der Waals surface area contributed by atoms with Gasteiger partial charge >= 0.3 is 5.69 Å². The largest absolute Gasteiger partial charge is 0.500 e. The molecule has 5 rings (SSSR count). The van der Waals surface area contributed by atoms with Gasteiger partial charge in [0.15, 0.2) is 5.13 Å². The lowest BCUT2D eigenvalue weighted by Gasteiger charge is -2.36. The number of aryl methyl sites for hydroxylation is 1. The number of nitrogens with one attached hydrogen (secondary N) is 2. The molecule has 1 atom stereocenters. The van der Waals surface area contributed by atoms with Crippen molar-refractivity contribution in [3.63, 3.8) is 0 Å². The summed E-state index contributed by atoms with van der Waals surface area (Å²) in [5.41, 5.74) is 2.98. The Labute approximate surface area is 205 Å². The first-order chi connectivity index (χ1) is 17.0. The summed E-state index contributed by atoms with van der Waals surface area (Å²) in [4.78, 5) is 36.8. The quantitative estimate of drug-likeness (QED) is 0.399. The molecule has 4 heterocycles. The molecule has 10 nitrogen and oxygen atoms in total. The van der Waals surface area contributed by atoms with Crippen LogP contribution in [-0.2, 0) is 11.8 Å². The summed E-state index contributed by atoms with van der Waals surface area (Å²) in [5.74, 6) is 0.288. The van der Waals surface area contributed by atoms with E-state index in [1.165, 1.54) is 15.9 Å². The van der Waals surface area contributed by atoms with E-state index in [-0.39, 0.29) is 23.3 Å². The van der Waals surface area contributed by atoms with Gasteiger partial charge in [0.05, 0.1) is 41.8 Å². The maximum atomic E-state index is 13.1. The Hall–Kier alpha value is -3.96. The summed E-state index contributed by atoms with van der Waals surface area (Å²) in [6.07, 6.45) is 3.32. The summed E-state index contributed by atoms with van der Waals surface area (Å²) in [6.45, 7) is 6.11. The predicted molar refractivity (Wildman–Crippen MR) is 137 cm³/mol. The SMILES string of the molecule is C=C(OC)[C@H]1CN(c2ccncc2NC(=O)c2csc(-n3c(=O)n(C)c4ccccc43)n2)CCN1. The molecular formula is C24H25N7O3S. The number of hydrogen-bond donors (Lipinski definition) is 2. The van der Waals surface area contributed by atoms with Gasteiger partial charge in [-0.15, -0.1) is 11.3 Å². The molecule has 1 amide bonds. The lowest BCUT2D eigenvalue weighted by Crippen LogP contribution is -2.51. The van der Waals surface area contributed by atoms with Crippen molar-refractivity contribution in [2.24, 2.45) is 7.05 Å². The Kier molecular flexibility index (Phi) is 6.10. The molecule has 1 aliphatic heterocycles. The minimum Gasteiger partial charge on any atom is -0.500 e. The molecule has 0 aliphatic carbocycles. The fourth-order valence-corrected chi connectivity index (χ4v) is 5.03. The Bertz CT molecular complexity index is 1470. The number of fused-ring (bicyclic) bond motifs is 1. The fraction of sp³-hybridized carbons (Fsp3) is 0.250. The molecule has 180 valence electrons. The summed E-state index contributed by atoms with van der Waals surface area (Å²) < 4.78 is 8.39. The molecule has 3 aromatic heterocycles. The number of carbonyl (C=O) groups is 1. The zero-order valence-corrected chi connectivity index (χ0v) is 20.2. The smallest absolute Gasteiger partial charge is 0.335 e. The number of para-hydroxylation sites is 2. The molecule has 11 heteroatoms. The van der Waals surface area contributed by atoms with Gasteiger partial charge < -0.3 is 20.3 Å². The number of piperazine rings is 1. The van der Waals surface area contributed by atoms with E-state index >= 15 is 0 Å². The van der Waals surface area contributed by atoms with E-state index in [4.69, 9.17) is 4.74 Å². The highest BCUT2D eigenvalue weighted by atomic mass is 32.1. The molecular weight excluding hydrogens is 466 g/mol. The summed E-state index contributed by atoms with van der Waals surface area (Å²) in [6, 6.07) is 9.33. The van der Waals surface area contributed by atoms with E-state index in [9.17, 15) is 9.59 Å². The number of carbonyl (C=O) groups excluding carboxylic acids is 1. The van der Waals surface area contributed by atoms with Gasteiger partial charge in [0.25, 0.3) is 5.91 Å². The van der Waals surface area contributed by atoms with Crippen LogP contribution >= 0.6 is 11.3 Å². The molecule has 1 saturated heterocycles. The van der Waals surface area contributed by atoms with E-state index in [1.54, 1.807) is 36.5 Å². The number of hydrogen-bond acceptors (Lipinski definition) is 8. The number of imidazole rings is 1. The summed E-state index contributed by atoms with van der Waals surface area (Å²) in [7, 11) is 3.32. The first kappa shape index (κ1) is 22.8. The Balaban J connectivity index is 1.40. The third-order valence-electron chi connectivity index (χ3n) is 6.09. The number of rotatable bonds is 6. The molecule has 0 unspecified atom stereocenters. The lowest BCUT2D eigenvalue weighted by molar-refractivity contribution is 0.102. The Morgan fingerprint density at radius 3 is 2.89 bits per heavy atom. The van der Waals surface area contributed by atoms with Gasteiger partial charge in [-0.1, -0.05) is 18.7 Å². The maximum Gasteiger partial charge on any atom is 0.335 e. The fourth-order valence-electron chi connectivity index (χ4n) is 4.22. The maximum absolute atomic E-state index is 13.1. The van der Waals surface area contributed by atoms with Crippen LogP contribution in [0.5, 0.6) is 0 Å². The highest BCUT2D eigenvalue weighted by molar-refractivity contribution is 7.12. The minimum atomic E-state index is -0.372. The molecule has 0 spiro atoms. The first-order valence-electron chi connectivity index (χ1n) is 11.1. The molecule has 35 heavy (non-hydrogen) atoms. The minimum absolute atomic E-state index is 0.0226. The van der Waals surface area contributed by atoms with Gasteiger partial charge in [0, 0.05) is 38.3 Å². The van der Waals surface area contributed by atoms with Crippen LogP contribution < -0.4 is 21.2 Å². The van der Waals surface area contributed by atoms with Crippen LogP contribution in [0.15, 0.2) is 65.2 Å². The van der Waals surface area contributed by atoms with Crippen molar-refractivity contribution in [1.29, 1.82) is 0 Å². The van der Waals surface area contributed by atoms with Crippen LogP contribution in [0.4, 0.5) is 11.4 Å². The van der Waals surface area contributed by atoms with Crippen molar-refractivity contribution >= 4 is 39.7 Å². The zero-order valence-electron chi connectivity index (χ0n) is 19.4. The van der Waals surface area contributed by atoms with Crippen LogP contribution in [0.1, 0.15) is 10.5 Å². The van der Waals surface area contributed by atoms with E-state index in [0.717, 1.165) is 29.8 Å². The highest BCUT2D eigenvalue weighted by Crippen LogP contribution is 2.27. The number of amides is 1. The number of pyridine rings is 1. The van der Waals surface area contributed by atoms with Crippen molar-refractivity contribution in [1.82, 2.24) is 24.4 Å². The molecule has 1 aliphatic rings. The second-order valence-corrected chi connectivity index (χ2v) is 8.99. The van der Waals surface area contributed by atoms with Gasteiger partial charge in [-0.2, -0.15) is 0 Å². The summed E-state index contributed by atoms with van der Waals surface area (Å²) >= 11 is 1.24. The Morgan fingerprint density at radius 1 is 1.29 bits per heavy atom. The number of thiazole rings is 1. The Morgan fingerprint density at radius 2 is 2.09 bits per heavy atom. The molecule has 1 fully saturated rings. The van der Waals surface area contributed by atoms with Crippen LogP contribution in [0.3, 0.4) is 0 Å². The van der Waals surface area contributed by atoms with Gasteiger partial charge in [-0.05, 0) is 18.2 Å². The number of ether oxygens (including phenoxy) is 1. The average Bonchev–Trinajstić information content (AvgIpc) is 3.47. The molecule has 0 radical (unpaired) electrons. The van der Waals surface area contributed by atoms with Gasteiger partial charge in [0.1, 0.15) is 11.5 Å². The van der Waals surface area contributed by atoms with Gasteiger partial charge in [0.2, 0.25) is 0 Å². The van der Waals surface area contributed by atoms with Crippen LogP contribution in [0, 0.1) is 0 Å². The van der Waals surface area contributed by atoms with E-state index in [2.05, 4.69) is 32.1 Å². The van der Waals surface area contributed by atoms with E-state index in [1.807, 2.05) is 30.3 Å². The molecule has 4 aromatic rings. The number of benzene rings is 1. The van der Waals surface area contributed by atoms with E-state index < -0.39 is 0 Å². The lowest BCUT2D eigenvalue weighted by atomic mass is 10.1. The van der Waals surface area contributed by atoms with Crippen LogP contribution in [0.2, 0.25) is 0 Å². The molecule has 2 N–H and O–H groups in total. The van der Waals surface area contributed by atoms with Crippen LogP contribution in [0.25, 0.3) is 16.2 Å². The average molecular weight is 492 g/mol. The van der Waals surface area contributed by atoms with Gasteiger partial charge in [-0.25, -0.2) is 14.3 Å². The molecule has 0 bridgehead atoms. The van der Waals surface area contributed by atoms with Crippen molar-refractivity contribution in [3.05, 3.63) is 76.6 Å². The number of aromatic nitrogens is 4.